The average Bonchev–Trinajstić information content (AvgIpc) is 3.14. The zero-order chi connectivity index (χ0) is 16.9. The molecule has 2 aromatic rings. The van der Waals surface area contributed by atoms with Gasteiger partial charge in [0.25, 0.3) is 5.91 Å². The van der Waals surface area contributed by atoms with Crippen LogP contribution in [0.2, 0.25) is 0 Å². The summed E-state index contributed by atoms with van der Waals surface area (Å²) in [6, 6.07) is 12.2. The molecule has 0 spiro atoms. The van der Waals surface area contributed by atoms with Crippen LogP contribution in [0.3, 0.4) is 0 Å². The van der Waals surface area contributed by atoms with Crippen LogP contribution in [-0.4, -0.2) is 39.9 Å². The summed E-state index contributed by atoms with van der Waals surface area (Å²) in [5.74, 6) is 0.624. The van der Waals surface area contributed by atoms with Crippen LogP contribution in [0.4, 0.5) is 5.95 Å². The molecule has 2 heterocycles. The van der Waals surface area contributed by atoms with Crippen LogP contribution in [0.25, 0.3) is 0 Å². The highest BCUT2D eigenvalue weighted by Gasteiger charge is 2.22. The van der Waals surface area contributed by atoms with Crippen molar-refractivity contribution < 1.29 is 4.79 Å². The van der Waals surface area contributed by atoms with Gasteiger partial charge in [0.15, 0.2) is 0 Å². The van der Waals surface area contributed by atoms with E-state index in [2.05, 4.69) is 40.8 Å². The van der Waals surface area contributed by atoms with E-state index < -0.39 is 0 Å². The molecule has 0 atom stereocenters. The molecule has 0 unspecified atom stereocenters. The molecule has 1 aliphatic rings. The largest absolute Gasteiger partial charge is 0.337 e. The fraction of sp³-hybridized carbons (Fsp3) is 0.421. The number of carbonyl (C=O) groups is 1. The van der Waals surface area contributed by atoms with Gasteiger partial charge >= 0.3 is 0 Å². The lowest BCUT2D eigenvalue weighted by molar-refractivity contribution is 0.0787. The van der Waals surface area contributed by atoms with Gasteiger partial charge in [-0.2, -0.15) is 0 Å². The Balaban J connectivity index is 1.83. The molecule has 0 N–H and O–H groups in total. The topological polar surface area (TPSA) is 49.3 Å². The maximum Gasteiger partial charge on any atom is 0.272 e. The Morgan fingerprint density at radius 1 is 1.17 bits per heavy atom. The van der Waals surface area contributed by atoms with Gasteiger partial charge in [0.2, 0.25) is 5.95 Å². The standard InChI is InChI=1S/C19H24N4O/c1-15(2)23(14-16-8-4-3-5-9-16)19-20-11-10-17(21-19)18(24)22-12-6-7-13-22/h3-5,8-11,15H,6-7,12-14H2,1-2H3. The van der Waals surface area contributed by atoms with Crippen molar-refractivity contribution in [1.82, 2.24) is 14.9 Å². The van der Waals surface area contributed by atoms with E-state index in [0.29, 0.717) is 11.6 Å². The van der Waals surface area contributed by atoms with Crippen LogP contribution < -0.4 is 4.90 Å². The number of anilines is 1. The predicted molar refractivity (Wildman–Crippen MR) is 94.9 cm³/mol. The van der Waals surface area contributed by atoms with Crippen molar-refractivity contribution in [3.8, 4) is 0 Å². The zero-order valence-corrected chi connectivity index (χ0v) is 14.4. The highest BCUT2D eigenvalue weighted by atomic mass is 16.2. The summed E-state index contributed by atoms with van der Waals surface area (Å²) in [4.78, 5) is 25.5. The molecule has 1 aromatic carbocycles. The maximum atomic E-state index is 12.6. The van der Waals surface area contributed by atoms with Crippen molar-refractivity contribution in [2.24, 2.45) is 0 Å². The summed E-state index contributed by atoms with van der Waals surface area (Å²) in [5, 5.41) is 0. The van der Waals surface area contributed by atoms with Crippen molar-refractivity contribution in [2.75, 3.05) is 18.0 Å². The first-order chi connectivity index (χ1) is 11.6. The smallest absolute Gasteiger partial charge is 0.272 e. The molecule has 1 aliphatic heterocycles. The summed E-state index contributed by atoms with van der Waals surface area (Å²) in [6.45, 7) is 6.61. The Kier molecular flexibility index (Phi) is 5.08. The highest BCUT2D eigenvalue weighted by molar-refractivity contribution is 5.92. The maximum absolute atomic E-state index is 12.6. The van der Waals surface area contributed by atoms with Gasteiger partial charge in [-0.25, -0.2) is 9.97 Å². The molecule has 0 radical (unpaired) electrons. The van der Waals surface area contributed by atoms with E-state index in [9.17, 15) is 4.79 Å². The summed E-state index contributed by atoms with van der Waals surface area (Å²) >= 11 is 0. The third-order valence-corrected chi connectivity index (χ3v) is 4.33. The first-order valence-electron chi connectivity index (χ1n) is 8.58. The molecule has 0 bridgehead atoms. The second-order valence-electron chi connectivity index (χ2n) is 6.45. The first-order valence-corrected chi connectivity index (χ1v) is 8.58. The van der Waals surface area contributed by atoms with Gasteiger partial charge in [-0.15, -0.1) is 0 Å². The molecule has 1 saturated heterocycles. The minimum absolute atomic E-state index is 0.0135. The van der Waals surface area contributed by atoms with E-state index in [1.807, 2.05) is 23.1 Å². The van der Waals surface area contributed by atoms with Gasteiger partial charge in [0, 0.05) is 31.9 Å². The molecule has 5 heteroatoms. The normalized spacial score (nSPS) is 14.2. The second-order valence-corrected chi connectivity index (χ2v) is 6.45. The molecular formula is C19H24N4O. The molecule has 1 aromatic heterocycles. The third kappa shape index (κ3) is 3.72. The zero-order valence-electron chi connectivity index (χ0n) is 14.4. The van der Waals surface area contributed by atoms with Gasteiger partial charge in [0.05, 0.1) is 0 Å². The highest BCUT2D eigenvalue weighted by Crippen LogP contribution is 2.17. The van der Waals surface area contributed by atoms with Gasteiger partial charge in [-0.1, -0.05) is 30.3 Å². The lowest BCUT2D eigenvalue weighted by Gasteiger charge is -2.27. The number of nitrogens with zero attached hydrogens (tertiary/aromatic N) is 4. The van der Waals surface area contributed by atoms with E-state index in [-0.39, 0.29) is 11.9 Å². The van der Waals surface area contributed by atoms with E-state index in [4.69, 9.17) is 0 Å². The van der Waals surface area contributed by atoms with Crippen molar-refractivity contribution in [1.29, 1.82) is 0 Å². The minimum atomic E-state index is 0.0135. The van der Waals surface area contributed by atoms with Crippen molar-refractivity contribution in [3.05, 3.63) is 53.9 Å². The fourth-order valence-electron chi connectivity index (χ4n) is 2.95. The van der Waals surface area contributed by atoms with Crippen LogP contribution in [0.15, 0.2) is 42.6 Å². The molecule has 24 heavy (non-hydrogen) atoms. The first kappa shape index (κ1) is 16.4. The molecule has 1 fully saturated rings. The van der Waals surface area contributed by atoms with Crippen molar-refractivity contribution in [3.63, 3.8) is 0 Å². The number of amides is 1. The van der Waals surface area contributed by atoms with Crippen molar-refractivity contribution >= 4 is 11.9 Å². The number of benzene rings is 1. The Morgan fingerprint density at radius 3 is 2.54 bits per heavy atom. The van der Waals surface area contributed by atoms with Crippen LogP contribution in [0.5, 0.6) is 0 Å². The van der Waals surface area contributed by atoms with Gasteiger partial charge in [0.1, 0.15) is 5.69 Å². The minimum Gasteiger partial charge on any atom is -0.337 e. The number of aromatic nitrogens is 2. The molecule has 126 valence electrons. The Hall–Kier alpha value is -2.43. The molecule has 0 aliphatic carbocycles. The molecule has 3 rings (SSSR count). The Labute approximate surface area is 143 Å². The van der Waals surface area contributed by atoms with Crippen LogP contribution in [-0.2, 0) is 6.54 Å². The molecule has 5 nitrogen and oxygen atoms in total. The van der Waals surface area contributed by atoms with E-state index in [1.54, 1.807) is 12.3 Å². The summed E-state index contributed by atoms with van der Waals surface area (Å²) in [5.41, 5.74) is 1.69. The monoisotopic (exact) mass is 324 g/mol. The quantitative estimate of drug-likeness (QED) is 0.848. The summed E-state index contributed by atoms with van der Waals surface area (Å²) < 4.78 is 0. The number of carbonyl (C=O) groups excluding carboxylic acids is 1. The van der Waals surface area contributed by atoms with Gasteiger partial charge in [-0.3, -0.25) is 4.79 Å². The van der Waals surface area contributed by atoms with E-state index in [1.165, 1.54) is 5.56 Å². The Morgan fingerprint density at radius 2 is 1.88 bits per heavy atom. The number of hydrogen-bond donors (Lipinski definition) is 0. The third-order valence-electron chi connectivity index (χ3n) is 4.33. The number of rotatable bonds is 5. The van der Waals surface area contributed by atoms with Crippen LogP contribution in [0, 0.1) is 0 Å². The fourth-order valence-corrected chi connectivity index (χ4v) is 2.95. The SMILES string of the molecule is CC(C)N(Cc1ccccc1)c1nccc(C(=O)N2CCCC2)n1. The lowest BCUT2D eigenvalue weighted by atomic mass is 10.2. The number of hydrogen-bond acceptors (Lipinski definition) is 4. The lowest BCUT2D eigenvalue weighted by Crippen LogP contribution is -2.33. The Bertz CT molecular complexity index is 681. The molecule has 0 saturated carbocycles. The average molecular weight is 324 g/mol. The summed E-state index contributed by atoms with van der Waals surface area (Å²) in [7, 11) is 0. The summed E-state index contributed by atoms with van der Waals surface area (Å²) in [6.07, 6.45) is 3.84. The number of likely N-dealkylation sites (tertiary alicyclic amines) is 1. The molecular weight excluding hydrogens is 300 g/mol. The van der Waals surface area contributed by atoms with Crippen molar-refractivity contribution in [2.45, 2.75) is 39.3 Å². The predicted octanol–water partition coefficient (Wildman–Crippen LogP) is 3.13. The van der Waals surface area contributed by atoms with Crippen LogP contribution >= 0.6 is 0 Å². The van der Waals surface area contributed by atoms with Crippen LogP contribution in [0.1, 0.15) is 42.7 Å². The molecule has 1 amide bonds. The second kappa shape index (κ2) is 7.43. The van der Waals surface area contributed by atoms with Gasteiger partial charge in [-0.05, 0) is 38.3 Å². The van der Waals surface area contributed by atoms with Gasteiger partial charge < -0.3 is 9.80 Å². The van der Waals surface area contributed by atoms with E-state index >= 15 is 0 Å². The van der Waals surface area contributed by atoms with E-state index in [0.717, 1.165) is 32.5 Å².